The van der Waals surface area contributed by atoms with E-state index in [0.29, 0.717) is 22.3 Å². The Labute approximate surface area is 215 Å². The highest BCUT2D eigenvalue weighted by molar-refractivity contribution is 7.20. The zero-order valence-electron chi connectivity index (χ0n) is 21.7. The van der Waals surface area contributed by atoms with Gasteiger partial charge in [-0.3, -0.25) is 4.79 Å². The van der Waals surface area contributed by atoms with Gasteiger partial charge in [0, 0.05) is 24.2 Å². The smallest absolute Gasteiger partial charge is 0.244 e. The van der Waals surface area contributed by atoms with Gasteiger partial charge in [0.2, 0.25) is 16.0 Å². The summed E-state index contributed by atoms with van der Waals surface area (Å²) in [6, 6.07) is 13.5. The maximum absolute atomic E-state index is 12.8. The number of methoxy groups -OCH3 is 2. The van der Waals surface area contributed by atoms with Crippen LogP contribution in [0.1, 0.15) is 26.3 Å². The molecule has 0 aliphatic carbocycles. The minimum absolute atomic E-state index is 0.110. The predicted molar refractivity (Wildman–Crippen MR) is 146 cm³/mol. The molecule has 190 valence electrons. The molecule has 0 unspecified atom stereocenters. The summed E-state index contributed by atoms with van der Waals surface area (Å²) in [5.74, 6) is 1.81. The first-order chi connectivity index (χ1) is 17.1. The Balaban J connectivity index is 1.57. The molecule has 0 aliphatic rings. The summed E-state index contributed by atoms with van der Waals surface area (Å²) in [4.78, 5) is 20.2. The summed E-state index contributed by atoms with van der Waals surface area (Å²) in [6.07, 6.45) is 0. The van der Waals surface area contributed by atoms with Crippen LogP contribution in [-0.2, 0) is 4.79 Å². The SMILES string of the molecule is COc1ccc(NC(=O)CN(C)c2nn3c(NC(C)(C)C)c(-c4ccc(C)cc4)nc3s2)c(OC)c1. The molecule has 0 radical (unpaired) electrons. The molecule has 0 saturated carbocycles. The van der Waals surface area contributed by atoms with Gasteiger partial charge in [0.1, 0.15) is 17.2 Å². The van der Waals surface area contributed by atoms with Crippen LogP contribution in [0.5, 0.6) is 11.5 Å². The van der Waals surface area contributed by atoms with Crippen LogP contribution in [0.4, 0.5) is 16.6 Å². The summed E-state index contributed by atoms with van der Waals surface area (Å²) >= 11 is 1.43. The van der Waals surface area contributed by atoms with E-state index in [4.69, 9.17) is 19.6 Å². The fourth-order valence-corrected chi connectivity index (χ4v) is 4.51. The summed E-state index contributed by atoms with van der Waals surface area (Å²) in [5.41, 5.74) is 3.44. The first kappa shape index (κ1) is 25.3. The average molecular weight is 509 g/mol. The molecule has 9 nitrogen and oxygen atoms in total. The molecule has 0 fully saturated rings. The Morgan fingerprint density at radius 3 is 2.47 bits per heavy atom. The summed E-state index contributed by atoms with van der Waals surface area (Å²) in [5, 5.41) is 11.9. The molecule has 1 amide bonds. The van der Waals surface area contributed by atoms with E-state index in [1.165, 1.54) is 16.9 Å². The lowest BCUT2D eigenvalue weighted by atomic mass is 10.1. The Hall–Kier alpha value is -3.79. The fraction of sp³-hybridized carbons (Fsp3) is 0.346. The first-order valence-electron chi connectivity index (χ1n) is 11.6. The van der Waals surface area contributed by atoms with Crippen molar-refractivity contribution in [2.24, 2.45) is 0 Å². The van der Waals surface area contributed by atoms with E-state index in [9.17, 15) is 4.79 Å². The van der Waals surface area contributed by atoms with Gasteiger partial charge in [-0.25, -0.2) is 4.98 Å². The van der Waals surface area contributed by atoms with Gasteiger partial charge >= 0.3 is 0 Å². The molecular formula is C26H32N6O3S. The molecule has 2 heterocycles. The quantitative estimate of drug-likeness (QED) is 0.343. The van der Waals surface area contributed by atoms with Gasteiger partial charge in [-0.1, -0.05) is 41.2 Å². The highest BCUT2D eigenvalue weighted by atomic mass is 32.1. The number of nitrogens with one attached hydrogen (secondary N) is 2. The third kappa shape index (κ3) is 5.54. The van der Waals surface area contributed by atoms with Crippen molar-refractivity contribution >= 4 is 38.8 Å². The Morgan fingerprint density at radius 1 is 1.11 bits per heavy atom. The van der Waals surface area contributed by atoms with Gasteiger partial charge in [0.15, 0.2) is 5.82 Å². The summed E-state index contributed by atoms with van der Waals surface area (Å²) < 4.78 is 12.4. The van der Waals surface area contributed by atoms with Crippen molar-refractivity contribution in [2.75, 3.05) is 43.3 Å². The second kappa shape index (κ2) is 10.1. The number of likely N-dealkylation sites (N-methyl/N-ethyl adjacent to an activating group) is 1. The number of hydrogen-bond acceptors (Lipinski definition) is 8. The third-order valence-electron chi connectivity index (χ3n) is 5.40. The van der Waals surface area contributed by atoms with E-state index < -0.39 is 0 Å². The van der Waals surface area contributed by atoms with Crippen LogP contribution in [0, 0.1) is 6.92 Å². The number of anilines is 3. The molecule has 2 N–H and O–H groups in total. The lowest BCUT2D eigenvalue weighted by molar-refractivity contribution is -0.114. The Morgan fingerprint density at radius 2 is 1.83 bits per heavy atom. The van der Waals surface area contributed by atoms with E-state index >= 15 is 0 Å². The second-order valence-corrected chi connectivity index (χ2v) is 10.5. The zero-order valence-corrected chi connectivity index (χ0v) is 22.5. The van der Waals surface area contributed by atoms with Gasteiger partial charge in [0.05, 0.1) is 26.5 Å². The topological polar surface area (TPSA) is 93.0 Å². The minimum atomic E-state index is -0.192. The molecule has 0 bridgehead atoms. The van der Waals surface area contributed by atoms with E-state index in [-0.39, 0.29) is 18.0 Å². The minimum Gasteiger partial charge on any atom is -0.497 e. The predicted octanol–water partition coefficient (Wildman–Crippen LogP) is 5.07. The lowest BCUT2D eigenvalue weighted by Crippen LogP contribution is -2.30. The molecule has 0 spiro atoms. The van der Waals surface area contributed by atoms with Gasteiger partial charge in [-0.05, 0) is 39.8 Å². The van der Waals surface area contributed by atoms with Crippen molar-refractivity contribution in [3.05, 3.63) is 48.0 Å². The maximum Gasteiger partial charge on any atom is 0.244 e. The molecule has 0 aliphatic heterocycles. The van der Waals surface area contributed by atoms with E-state index in [1.807, 2.05) is 11.6 Å². The molecule has 10 heteroatoms. The van der Waals surface area contributed by atoms with Crippen LogP contribution in [-0.4, -0.2) is 53.9 Å². The number of carbonyl (C=O) groups is 1. The number of amides is 1. The molecule has 36 heavy (non-hydrogen) atoms. The van der Waals surface area contributed by atoms with Crippen LogP contribution in [0.25, 0.3) is 16.2 Å². The molecule has 0 atom stereocenters. The van der Waals surface area contributed by atoms with Crippen LogP contribution in [0.2, 0.25) is 0 Å². The van der Waals surface area contributed by atoms with E-state index in [0.717, 1.165) is 22.0 Å². The van der Waals surface area contributed by atoms with Crippen molar-refractivity contribution < 1.29 is 14.3 Å². The van der Waals surface area contributed by atoms with Gasteiger partial charge in [0.25, 0.3) is 0 Å². The molecule has 2 aromatic heterocycles. The second-order valence-electron chi connectivity index (χ2n) is 9.60. The van der Waals surface area contributed by atoms with E-state index in [1.54, 1.807) is 37.3 Å². The normalized spacial score (nSPS) is 11.4. The number of ether oxygens (including phenoxy) is 2. The number of carbonyl (C=O) groups excluding carboxylic acids is 1. The number of aryl methyl sites for hydroxylation is 1. The van der Waals surface area contributed by atoms with Gasteiger partial charge < -0.3 is 25.0 Å². The number of nitrogens with zero attached hydrogens (tertiary/aromatic N) is 4. The van der Waals surface area contributed by atoms with E-state index in [2.05, 4.69) is 62.6 Å². The first-order valence-corrected chi connectivity index (χ1v) is 12.4. The number of imidazole rings is 1. The summed E-state index contributed by atoms with van der Waals surface area (Å²) in [6.45, 7) is 8.47. The molecule has 4 aromatic rings. The van der Waals surface area contributed by atoms with Crippen molar-refractivity contribution in [1.29, 1.82) is 0 Å². The maximum atomic E-state index is 12.8. The van der Waals surface area contributed by atoms with Crippen LogP contribution in [0.15, 0.2) is 42.5 Å². The number of fused-ring (bicyclic) bond motifs is 1. The Bertz CT molecular complexity index is 1370. The van der Waals surface area contributed by atoms with Gasteiger partial charge in [-0.15, -0.1) is 5.10 Å². The largest absolute Gasteiger partial charge is 0.497 e. The molecule has 2 aromatic carbocycles. The van der Waals surface area contributed by atoms with Crippen LogP contribution >= 0.6 is 11.3 Å². The van der Waals surface area contributed by atoms with Crippen LogP contribution < -0.4 is 25.0 Å². The number of aromatic nitrogens is 3. The highest BCUT2D eigenvalue weighted by Crippen LogP contribution is 2.35. The number of rotatable bonds is 8. The van der Waals surface area contributed by atoms with Crippen molar-refractivity contribution in [3.8, 4) is 22.8 Å². The number of benzene rings is 2. The molecular weight excluding hydrogens is 476 g/mol. The zero-order chi connectivity index (χ0) is 26.0. The highest BCUT2D eigenvalue weighted by Gasteiger charge is 2.23. The van der Waals surface area contributed by atoms with Crippen molar-refractivity contribution in [1.82, 2.24) is 14.6 Å². The van der Waals surface area contributed by atoms with Crippen LogP contribution in [0.3, 0.4) is 0 Å². The molecule has 0 saturated heterocycles. The van der Waals surface area contributed by atoms with Gasteiger partial charge in [-0.2, -0.15) is 4.52 Å². The monoisotopic (exact) mass is 508 g/mol. The average Bonchev–Trinajstić information content (AvgIpc) is 3.38. The molecule has 4 rings (SSSR count). The fourth-order valence-electron chi connectivity index (χ4n) is 3.65. The number of hydrogen-bond donors (Lipinski definition) is 2. The lowest BCUT2D eigenvalue weighted by Gasteiger charge is -2.22. The summed E-state index contributed by atoms with van der Waals surface area (Å²) in [7, 11) is 4.97. The van der Waals surface area contributed by atoms with Crippen molar-refractivity contribution in [2.45, 2.75) is 33.2 Å². The Kier molecular flexibility index (Phi) is 7.07. The van der Waals surface area contributed by atoms with Crippen molar-refractivity contribution in [3.63, 3.8) is 0 Å². The standard InChI is InChI=1S/C26H32N6O3S/c1-16-8-10-17(11-9-16)22-23(29-26(2,3)4)32-24(28-22)36-25(30-32)31(5)15-21(33)27-19-13-12-18(34-6)14-20(19)35-7/h8-14,29H,15H2,1-7H3,(H,27,33). The third-order valence-corrected chi connectivity index (χ3v) is 6.42.